The zero-order chi connectivity index (χ0) is 17.8. The number of amides is 2. The maximum Gasteiger partial charge on any atom is 0.291 e. The Morgan fingerprint density at radius 1 is 1.32 bits per heavy atom. The first-order valence-electron chi connectivity index (χ1n) is 8.54. The summed E-state index contributed by atoms with van der Waals surface area (Å²) in [7, 11) is 0. The van der Waals surface area contributed by atoms with Gasteiger partial charge in [-0.1, -0.05) is 12.8 Å². The lowest BCUT2D eigenvalue weighted by Crippen LogP contribution is -2.44. The third kappa shape index (κ3) is 4.11. The van der Waals surface area contributed by atoms with Gasteiger partial charge in [-0.25, -0.2) is 0 Å². The average Bonchev–Trinajstić information content (AvgIpc) is 3.25. The number of hydrogen-bond acceptors (Lipinski definition) is 5. The molecule has 1 aliphatic carbocycles. The van der Waals surface area contributed by atoms with Crippen LogP contribution in [0.1, 0.15) is 51.5 Å². The molecular weight excluding hydrogens is 338 g/mol. The second-order valence-electron chi connectivity index (χ2n) is 6.41. The zero-order valence-corrected chi connectivity index (χ0v) is 15.0. The molecule has 0 aliphatic heterocycles. The molecule has 25 heavy (non-hydrogen) atoms. The molecule has 2 aromatic rings. The molecule has 0 bridgehead atoms. The lowest BCUT2D eigenvalue weighted by molar-refractivity contribution is 0.0911. The molecule has 0 radical (unpaired) electrons. The van der Waals surface area contributed by atoms with Crippen LogP contribution in [0.15, 0.2) is 28.9 Å². The van der Waals surface area contributed by atoms with Gasteiger partial charge in [-0.3, -0.25) is 9.59 Å². The van der Waals surface area contributed by atoms with Crippen LogP contribution in [-0.2, 0) is 0 Å². The predicted molar refractivity (Wildman–Crippen MR) is 98.0 cm³/mol. The number of furan rings is 1. The highest BCUT2D eigenvalue weighted by atomic mass is 32.1. The van der Waals surface area contributed by atoms with Crippen LogP contribution >= 0.6 is 11.3 Å². The molecule has 1 fully saturated rings. The second-order valence-corrected chi connectivity index (χ2v) is 7.47. The monoisotopic (exact) mass is 361 g/mol. The molecule has 0 spiro atoms. The largest absolute Gasteiger partial charge is 0.459 e. The third-order valence-corrected chi connectivity index (χ3v) is 5.79. The fraction of sp³-hybridized carbons (Fsp3) is 0.444. The fourth-order valence-corrected chi connectivity index (χ4v) is 4.23. The number of nitrogens with two attached hydrogens (primary N) is 1. The number of carbonyl (C=O) groups excluding carboxylic acids is 2. The van der Waals surface area contributed by atoms with Gasteiger partial charge in [0.05, 0.1) is 16.1 Å². The van der Waals surface area contributed by atoms with Crippen LogP contribution in [0.25, 0.3) is 0 Å². The predicted octanol–water partition coefficient (Wildman–Crippen LogP) is 3.15. The van der Waals surface area contributed by atoms with Crippen LogP contribution in [0, 0.1) is 12.8 Å². The highest BCUT2D eigenvalue weighted by Gasteiger charge is 2.27. The van der Waals surface area contributed by atoms with Crippen LogP contribution in [0.5, 0.6) is 0 Å². The van der Waals surface area contributed by atoms with E-state index in [1.54, 1.807) is 12.1 Å². The standard InChI is InChI=1S/C18H23N3O3S/c1-11-9-15(21-17(22)14-7-4-8-24-14)25-16(11)18(23)20-13-6-3-2-5-12(13)10-19/h4,7-9,12-13H,2-3,5-6,10,19H2,1H3,(H,20,23)(H,21,22). The van der Waals surface area contributed by atoms with Crippen molar-refractivity contribution in [1.29, 1.82) is 0 Å². The number of thiophene rings is 1. The Bertz CT molecular complexity index is 739. The summed E-state index contributed by atoms with van der Waals surface area (Å²) in [6.45, 7) is 2.47. The van der Waals surface area contributed by atoms with E-state index in [0.29, 0.717) is 22.3 Å². The molecule has 2 unspecified atom stereocenters. The summed E-state index contributed by atoms with van der Waals surface area (Å²) in [6.07, 6.45) is 5.78. The third-order valence-electron chi connectivity index (χ3n) is 4.63. The van der Waals surface area contributed by atoms with E-state index in [1.807, 2.05) is 13.0 Å². The molecule has 7 heteroatoms. The van der Waals surface area contributed by atoms with Gasteiger partial charge < -0.3 is 20.8 Å². The van der Waals surface area contributed by atoms with E-state index in [2.05, 4.69) is 10.6 Å². The average molecular weight is 361 g/mol. The van der Waals surface area contributed by atoms with E-state index in [-0.39, 0.29) is 23.6 Å². The van der Waals surface area contributed by atoms with Gasteiger partial charge in [0.25, 0.3) is 11.8 Å². The van der Waals surface area contributed by atoms with Crippen LogP contribution in [-0.4, -0.2) is 24.4 Å². The van der Waals surface area contributed by atoms with Crippen molar-refractivity contribution in [2.24, 2.45) is 11.7 Å². The van der Waals surface area contributed by atoms with Crippen molar-refractivity contribution in [3.8, 4) is 0 Å². The van der Waals surface area contributed by atoms with Gasteiger partial charge in [0.1, 0.15) is 0 Å². The lowest BCUT2D eigenvalue weighted by Gasteiger charge is -2.31. The molecule has 1 saturated carbocycles. The Balaban J connectivity index is 1.67. The van der Waals surface area contributed by atoms with Crippen molar-refractivity contribution in [3.05, 3.63) is 40.7 Å². The van der Waals surface area contributed by atoms with Crippen LogP contribution in [0.4, 0.5) is 5.00 Å². The molecule has 0 saturated heterocycles. The highest BCUT2D eigenvalue weighted by molar-refractivity contribution is 7.18. The van der Waals surface area contributed by atoms with Crippen LogP contribution in [0.3, 0.4) is 0 Å². The molecular formula is C18H23N3O3S. The summed E-state index contributed by atoms with van der Waals surface area (Å²) in [5.74, 6) is 0.168. The van der Waals surface area contributed by atoms with Crippen molar-refractivity contribution in [3.63, 3.8) is 0 Å². The molecule has 2 amide bonds. The van der Waals surface area contributed by atoms with E-state index in [1.165, 1.54) is 24.0 Å². The maximum atomic E-state index is 12.7. The first-order valence-corrected chi connectivity index (χ1v) is 9.36. The summed E-state index contributed by atoms with van der Waals surface area (Å²) in [6, 6.07) is 5.20. The molecule has 134 valence electrons. The molecule has 3 rings (SSSR count). The van der Waals surface area contributed by atoms with E-state index < -0.39 is 0 Å². The summed E-state index contributed by atoms with van der Waals surface area (Å²) in [5.41, 5.74) is 6.68. The summed E-state index contributed by atoms with van der Waals surface area (Å²) < 4.78 is 5.08. The normalized spacial score (nSPS) is 20.2. The SMILES string of the molecule is Cc1cc(NC(=O)c2ccco2)sc1C(=O)NC1CCCCC1CN. The molecule has 1 aliphatic rings. The van der Waals surface area contributed by atoms with Gasteiger partial charge in [-0.2, -0.15) is 0 Å². The zero-order valence-electron chi connectivity index (χ0n) is 14.2. The minimum atomic E-state index is -0.325. The number of nitrogens with one attached hydrogen (secondary N) is 2. The minimum absolute atomic E-state index is 0.0913. The summed E-state index contributed by atoms with van der Waals surface area (Å²) in [4.78, 5) is 25.3. The topological polar surface area (TPSA) is 97.4 Å². The Labute approximate surface area is 150 Å². The van der Waals surface area contributed by atoms with Gasteiger partial charge in [0, 0.05) is 6.04 Å². The van der Waals surface area contributed by atoms with Gasteiger partial charge in [-0.15, -0.1) is 11.3 Å². The lowest BCUT2D eigenvalue weighted by atomic mass is 9.84. The molecule has 6 nitrogen and oxygen atoms in total. The van der Waals surface area contributed by atoms with Crippen molar-refractivity contribution in [2.75, 3.05) is 11.9 Å². The first kappa shape index (κ1) is 17.7. The Morgan fingerprint density at radius 3 is 2.84 bits per heavy atom. The number of aryl methyl sites for hydroxylation is 1. The van der Waals surface area contributed by atoms with Crippen molar-refractivity contribution < 1.29 is 14.0 Å². The van der Waals surface area contributed by atoms with Gasteiger partial charge >= 0.3 is 0 Å². The van der Waals surface area contributed by atoms with Crippen LogP contribution in [0.2, 0.25) is 0 Å². The Morgan fingerprint density at radius 2 is 2.12 bits per heavy atom. The quantitative estimate of drug-likeness (QED) is 0.762. The molecule has 4 N–H and O–H groups in total. The van der Waals surface area contributed by atoms with E-state index in [9.17, 15) is 9.59 Å². The van der Waals surface area contributed by atoms with Gasteiger partial charge in [-0.05, 0) is 56.0 Å². The van der Waals surface area contributed by atoms with Crippen molar-refractivity contribution >= 4 is 28.2 Å². The Kier molecular flexibility index (Phi) is 5.55. The number of carbonyl (C=O) groups is 2. The van der Waals surface area contributed by atoms with E-state index >= 15 is 0 Å². The summed E-state index contributed by atoms with van der Waals surface area (Å²) >= 11 is 1.27. The smallest absolute Gasteiger partial charge is 0.291 e. The molecule has 0 aromatic carbocycles. The number of anilines is 1. The fourth-order valence-electron chi connectivity index (χ4n) is 3.26. The second kappa shape index (κ2) is 7.84. The number of hydrogen-bond donors (Lipinski definition) is 3. The number of rotatable bonds is 5. The maximum absolute atomic E-state index is 12.7. The molecule has 2 atom stereocenters. The molecule has 2 heterocycles. The summed E-state index contributed by atoms with van der Waals surface area (Å²) in [5, 5.41) is 6.53. The van der Waals surface area contributed by atoms with Crippen molar-refractivity contribution in [1.82, 2.24) is 5.32 Å². The van der Waals surface area contributed by atoms with Gasteiger partial charge in [0.2, 0.25) is 0 Å². The Hall–Kier alpha value is -2.12. The molecule has 2 aromatic heterocycles. The van der Waals surface area contributed by atoms with Crippen LogP contribution < -0.4 is 16.4 Å². The highest BCUT2D eigenvalue weighted by Crippen LogP contribution is 2.29. The minimum Gasteiger partial charge on any atom is -0.459 e. The first-order chi connectivity index (χ1) is 12.1. The van der Waals surface area contributed by atoms with E-state index in [0.717, 1.165) is 24.8 Å². The van der Waals surface area contributed by atoms with Gasteiger partial charge in [0.15, 0.2) is 5.76 Å². The van der Waals surface area contributed by atoms with Crippen molar-refractivity contribution in [2.45, 2.75) is 38.6 Å². The van der Waals surface area contributed by atoms with E-state index in [4.69, 9.17) is 10.2 Å².